The van der Waals surface area contributed by atoms with E-state index in [1.807, 2.05) is 27.7 Å². The van der Waals surface area contributed by atoms with E-state index in [1.165, 1.54) is 0 Å². The van der Waals surface area contributed by atoms with Gasteiger partial charge in [0.1, 0.15) is 12.2 Å². The van der Waals surface area contributed by atoms with E-state index in [1.54, 1.807) is 0 Å². The molecule has 0 bridgehead atoms. The van der Waals surface area contributed by atoms with Gasteiger partial charge in [-0.25, -0.2) is 4.79 Å². The molecule has 0 spiro atoms. The van der Waals surface area contributed by atoms with Crippen molar-refractivity contribution in [3.05, 3.63) is 12.2 Å². The largest absolute Gasteiger partial charge is 0.458 e. The van der Waals surface area contributed by atoms with Crippen LogP contribution >= 0.6 is 0 Å². The zero-order chi connectivity index (χ0) is 24.9. The van der Waals surface area contributed by atoms with Gasteiger partial charge in [0.2, 0.25) is 0 Å². The monoisotopic (exact) mass is 484 g/mol. The number of ether oxygens (including phenoxy) is 4. The van der Waals surface area contributed by atoms with Crippen molar-refractivity contribution < 1.29 is 28.2 Å². The van der Waals surface area contributed by atoms with E-state index in [2.05, 4.69) is 46.0 Å². The van der Waals surface area contributed by atoms with Crippen molar-refractivity contribution in [2.45, 2.75) is 116 Å². The summed E-state index contributed by atoms with van der Waals surface area (Å²) in [5.74, 6) is -0.0870. The normalized spacial score (nSPS) is 29.5. The molecule has 0 aromatic rings. The van der Waals surface area contributed by atoms with Gasteiger partial charge in [0, 0.05) is 31.5 Å². The summed E-state index contributed by atoms with van der Waals surface area (Å²) in [6.07, 6.45) is 7.75. The second-order valence-corrected chi connectivity index (χ2v) is 16.8. The first-order chi connectivity index (χ1) is 15.2. The average Bonchev–Trinajstić information content (AvgIpc) is 3.00. The predicted molar refractivity (Wildman–Crippen MR) is 134 cm³/mol. The maximum Gasteiger partial charge on any atom is 0.332 e. The first-order valence-corrected chi connectivity index (χ1v) is 15.5. The minimum absolute atomic E-state index is 0.0392. The van der Waals surface area contributed by atoms with E-state index < -0.39 is 13.9 Å². The molecule has 0 aromatic carbocycles. The van der Waals surface area contributed by atoms with Crippen LogP contribution in [-0.2, 0) is 28.2 Å². The molecule has 0 aromatic heterocycles. The molecule has 0 amide bonds. The molecule has 6 nitrogen and oxygen atoms in total. The first-order valence-electron chi connectivity index (χ1n) is 12.6. The molecule has 0 N–H and O–H groups in total. The summed E-state index contributed by atoms with van der Waals surface area (Å²) >= 11 is 0. The molecule has 33 heavy (non-hydrogen) atoms. The molecule has 0 radical (unpaired) electrons. The Labute approximate surface area is 202 Å². The van der Waals surface area contributed by atoms with Crippen LogP contribution < -0.4 is 0 Å². The van der Waals surface area contributed by atoms with Crippen LogP contribution in [0.15, 0.2) is 12.2 Å². The van der Waals surface area contributed by atoms with Crippen LogP contribution in [0, 0.1) is 11.8 Å². The Kier molecular flexibility index (Phi) is 10.2. The molecule has 1 heterocycles. The molecule has 1 aliphatic heterocycles. The number of carbonyl (C=O) groups is 1. The molecule has 1 aliphatic carbocycles. The van der Waals surface area contributed by atoms with E-state index in [0.717, 1.165) is 25.9 Å². The highest BCUT2D eigenvalue weighted by atomic mass is 28.4. The van der Waals surface area contributed by atoms with Crippen LogP contribution in [0.25, 0.3) is 0 Å². The third-order valence-electron chi connectivity index (χ3n) is 7.02. The van der Waals surface area contributed by atoms with E-state index in [9.17, 15) is 4.79 Å². The number of hydrogen-bond acceptors (Lipinski definition) is 6. The Morgan fingerprint density at radius 3 is 2.33 bits per heavy atom. The standard InChI is InChI=1S/C26H48O6Si/c1-10-13-19-20(17-30-33(8,9)26(5,6)7)22(31-24-14-11-12-15-28-24)16-21(19)29-18-23(27)32-25(2,3)4/h10,13,19-22,24H,11-12,14-18H2,1-9H3/t19-,20-,21+,22-,24?/m1/s1. The molecule has 2 aliphatic rings. The summed E-state index contributed by atoms with van der Waals surface area (Å²) in [6.45, 7) is 20.3. The van der Waals surface area contributed by atoms with E-state index in [0.29, 0.717) is 13.0 Å². The molecule has 5 atom stereocenters. The van der Waals surface area contributed by atoms with Crippen molar-refractivity contribution in [3.8, 4) is 0 Å². The first kappa shape index (κ1) is 28.5. The fourth-order valence-corrected chi connectivity index (χ4v) is 5.25. The maximum absolute atomic E-state index is 12.3. The SMILES string of the molecule is CC=C[C@@H]1[C@@H](CO[Si](C)(C)C(C)(C)C)[C@H](OC2CCCCO2)C[C@@H]1OCC(=O)OC(C)(C)C. The van der Waals surface area contributed by atoms with Crippen LogP contribution in [0.1, 0.15) is 74.1 Å². The number of rotatable bonds is 9. The zero-order valence-corrected chi connectivity index (χ0v) is 23.4. The lowest BCUT2D eigenvalue weighted by Crippen LogP contribution is -2.44. The van der Waals surface area contributed by atoms with Crippen molar-refractivity contribution in [2.24, 2.45) is 11.8 Å². The molecular weight excluding hydrogens is 436 g/mol. The fourth-order valence-electron chi connectivity index (χ4n) is 4.21. The summed E-state index contributed by atoms with van der Waals surface area (Å²) in [5, 5.41) is 0.136. The Bertz CT molecular complexity index is 642. The molecule has 1 saturated carbocycles. The number of esters is 1. The Balaban J connectivity index is 2.15. The molecule has 1 saturated heterocycles. The molecule has 1 unspecified atom stereocenters. The number of hydrogen-bond donors (Lipinski definition) is 0. The van der Waals surface area contributed by atoms with E-state index in [4.69, 9.17) is 23.4 Å². The van der Waals surface area contributed by atoms with E-state index in [-0.39, 0.29) is 47.9 Å². The summed E-state index contributed by atoms with van der Waals surface area (Å²) in [5.41, 5.74) is -0.525. The van der Waals surface area contributed by atoms with E-state index >= 15 is 0 Å². The number of carbonyl (C=O) groups excluding carboxylic acids is 1. The lowest BCUT2D eigenvalue weighted by Gasteiger charge is -2.38. The zero-order valence-electron chi connectivity index (χ0n) is 22.4. The van der Waals surface area contributed by atoms with Gasteiger partial charge in [-0.1, -0.05) is 32.9 Å². The molecule has 192 valence electrons. The smallest absolute Gasteiger partial charge is 0.332 e. The second kappa shape index (κ2) is 11.8. The van der Waals surface area contributed by atoms with Crippen LogP contribution in [0.3, 0.4) is 0 Å². The van der Waals surface area contributed by atoms with Gasteiger partial charge in [0.05, 0.1) is 12.2 Å². The van der Waals surface area contributed by atoms with Crippen molar-refractivity contribution >= 4 is 14.3 Å². The molecular formula is C26H48O6Si. The highest BCUT2D eigenvalue weighted by Gasteiger charge is 2.47. The van der Waals surface area contributed by atoms with Gasteiger partial charge >= 0.3 is 5.97 Å². The van der Waals surface area contributed by atoms with Crippen LogP contribution in [0.2, 0.25) is 18.1 Å². The molecule has 2 fully saturated rings. The predicted octanol–water partition coefficient (Wildman–Crippen LogP) is 5.86. The summed E-state index contributed by atoms with van der Waals surface area (Å²) < 4.78 is 30.6. The summed E-state index contributed by atoms with van der Waals surface area (Å²) in [7, 11) is -1.92. The fraction of sp³-hybridized carbons (Fsp3) is 0.885. The van der Waals surface area contributed by atoms with Gasteiger partial charge in [-0.15, -0.1) is 0 Å². The lowest BCUT2D eigenvalue weighted by molar-refractivity contribution is -0.197. The van der Waals surface area contributed by atoms with Gasteiger partial charge in [-0.3, -0.25) is 0 Å². The van der Waals surface area contributed by atoms with Gasteiger partial charge in [-0.2, -0.15) is 0 Å². The average molecular weight is 485 g/mol. The maximum atomic E-state index is 12.3. The van der Waals surface area contributed by atoms with Gasteiger partial charge in [0.15, 0.2) is 14.6 Å². The quantitative estimate of drug-likeness (QED) is 0.232. The Morgan fingerprint density at radius 1 is 1.09 bits per heavy atom. The third kappa shape index (κ3) is 8.77. The van der Waals surface area contributed by atoms with Gasteiger partial charge in [-0.05, 0) is 65.1 Å². The van der Waals surface area contributed by atoms with Crippen LogP contribution in [-0.4, -0.2) is 58.2 Å². The Hall–Kier alpha value is -0.733. The highest BCUT2D eigenvalue weighted by Crippen LogP contribution is 2.42. The van der Waals surface area contributed by atoms with Gasteiger partial charge < -0.3 is 23.4 Å². The van der Waals surface area contributed by atoms with Crippen molar-refractivity contribution in [1.82, 2.24) is 0 Å². The molecule has 7 heteroatoms. The minimum Gasteiger partial charge on any atom is -0.458 e. The third-order valence-corrected chi connectivity index (χ3v) is 11.5. The topological polar surface area (TPSA) is 63.2 Å². The number of allylic oxidation sites excluding steroid dienone is 1. The summed E-state index contributed by atoms with van der Waals surface area (Å²) in [4.78, 5) is 12.3. The van der Waals surface area contributed by atoms with Crippen LogP contribution in [0.4, 0.5) is 0 Å². The van der Waals surface area contributed by atoms with Gasteiger partial charge in [0.25, 0.3) is 0 Å². The van der Waals surface area contributed by atoms with Crippen LogP contribution in [0.5, 0.6) is 0 Å². The minimum atomic E-state index is -1.92. The van der Waals surface area contributed by atoms with Crippen molar-refractivity contribution in [1.29, 1.82) is 0 Å². The Morgan fingerprint density at radius 2 is 1.79 bits per heavy atom. The van der Waals surface area contributed by atoms with Crippen molar-refractivity contribution in [2.75, 3.05) is 19.8 Å². The lowest BCUT2D eigenvalue weighted by atomic mass is 9.94. The second-order valence-electron chi connectivity index (χ2n) is 12.0. The van der Waals surface area contributed by atoms with Crippen molar-refractivity contribution in [3.63, 3.8) is 0 Å². The highest BCUT2D eigenvalue weighted by molar-refractivity contribution is 6.74. The summed E-state index contributed by atoms with van der Waals surface area (Å²) in [6, 6.07) is 0. The molecule has 2 rings (SSSR count).